The van der Waals surface area contributed by atoms with Crippen molar-refractivity contribution in [3.63, 3.8) is 0 Å². The maximum Gasteiger partial charge on any atom is 0.131 e. The van der Waals surface area contributed by atoms with Gasteiger partial charge >= 0.3 is 0 Å². The average molecular weight is 308 g/mol. The lowest BCUT2D eigenvalue weighted by Crippen LogP contribution is -2.24. The van der Waals surface area contributed by atoms with Gasteiger partial charge in [0.15, 0.2) is 0 Å². The van der Waals surface area contributed by atoms with Gasteiger partial charge in [-0.3, -0.25) is 0 Å². The van der Waals surface area contributed by atoms with Crippen LogP contribution in [0.3, 0.4) is 0 Å². The van der Waals surface area contributed by atoms with Crippen molar-refractivity contribution >= 4 is 23.2 Å². The summed E-state index contributed by atoms with van der Waals surface area (Å²) in [5.41, 5.74) is 9.97. The molecule has 4 heteroatoms. The van der Waals surface area contributed by atoms with Gasteiger partial charge in [0.2, 0.25) is 0 Å². The molecule has 1 aliphatic rings. The Morgan fingerprint density at radius 2 is 2.00 bits per heavy atom. The highest BCUT2D eigenvalue weighted by Gasteiger charge is 2.26. The molecule has 2 aromatic rings. The van der Waals surface area contributed by atoms with Gasteiger partial charge in [-0.2, -0.15) is 0 Å². The molecule has 0 saturated heterocycles. The Balaban J connectivity index is 2.18. The van der Waals surface area contributed by atoms with Crippen molar-refractivity contribution in [1.29, 1.82) is 0 Å². The number of fused-ring (bicyclic) bond motifs is 1. The second-order valence-electron chi connectivity index (χ2n) is 5.10. The first kappa shape index (κ1) is 13.7. The molecule has 2 N–H and O–H groups in total. The largest absolute Gasteiger partial charge is 0.488 e. The van der Waals surface area contributed by atoms with Crippen LogP contribution in [0.4, 0.5) is 0 Å². The number of ether oxygens (including phenoxy) is 1. The summed E-state index contributed by atoms with van der Waals surface area (Å²) in [4.78, 5) is 0. The van der Waals surface area contributed by atoms with Crippen LogP contribution in [0.25, 0.3) is 11.1 Å². The maximum absolute atomic E-state index is 6.32. The lowest BCUT2D eigenvalue weighted by Gasteiger charge is -2.13. The molecule has 0 aromatic heterocycles. The van der Waals surface area contributed by atoms with Gasteiger partial charge in [-0.15, -0.1) is 0 Å². The van der Waals surface area contributed by atoms with E-state index in [2.05, 4.69) is 19.1 Å². The lowest BCUT2D eigenvalue weighted by atomic mass is 9.98. The zero-order valence-corrected chi connectivity index (χ0v) is 12.6. The Labute approximate surface area is 128 Å². The lowest BCUT2D eigenvalue weighted by molar-refractivity contribution is 0.242. The highest BCUT2D eigenvalue weighted by molar-refractivity contribution is 6.35. The van der Waals surface area contributed by atoms with Crippen molar-refractivity contribution in [2.75, 3.05) is 6.54 Å². The molecule has 2 aromatic carbocycles. The Morgan fingerprint density at radius 1 is 1.20 bits per heavy atom. The van der Waals surface area contributed by atoms with Crippen LogP contribution in [0.2, 0.25) is 10.0 Å². The number of benzene rings is 2. The summed E-state index contributed by atoms with van der Waals surface area (Å²) in [6.45, 7) is 2.58. The number of rotatable bonds is 2. The normalized spacial score (nSPS) is 16.9. The molecule has 0 aliphatic carbocycles. The van der Waals surface area contributed by atoms with E-state index in [4.69, 9.17) is 33.7 Å². The molecule has 104 valence electrons. The molecular weight excluding hydrogens is 293 g/mol. The standard InChI is InChI=1S/C16H15Cl2NO/c1-9-4-10-6-12(8-19)20-16(10)14(5-9)13-7-11(17)2-3-15(13)18/h2-5,7,12H,6,8,19H2,1H3/t12-/m1/s1. The third kappa shape index (κ3) is 2.39. The first-order chi connectivity index (χ1) is 9.58. The van der Waals surface area contributed by atoms with Crippen molar-refractivity contribution in [2.24, 2.45) is 5.73 Å². The van der Waals surface area contributed by atoms with Crippen LogP contribution in [0, 0.1) is 6.92 Å². The molecular formula is C16H15Cl2NO. The van der Waals surface area contributed by atoms with Crippen molar-refractivity contribution < 1.29 is 4.74 Å². The fourth-order valence-electron chi connectivity index (χ4n) is 2.63. The van der Waals surface area contributed by atoms with E-state index in [9.17, 15) is 0 Å². The van der Waals surface area contributed by atoms with Gasteiger partial charge < -0.3 is 10.5 Å². The summed E-state index contributed by atoms with van der Waals surface area (Å²) < 4.78 is 5.96. The Hall–Kier alpha value is -1.22. The van der Waals surface area contributed by atoms with Gasteiger partial charge in [-0.25, -0.2) is 0 Å². The molecule has 2 nitrogen and oxygen atoms in total. The van der Waals surface area contributed by atoms with Crippen LogP contribution in [0.1, 0.15) is 11.1 Å². The average Bonchev–Trinajstić information content (AvgIpc) is 2.83. The third-order valence-electron chi connectivity index (χ3n) is 3.52. The van der Waals surface area contributed by atoms with Crippen LogP contribution in [0.15, 0.2) is 30.3 Å². The minimum atomic E-state index is 0.0449. The highest BCUT2D eigenvalue weighted by atomic mass is 35.5. The van der Waals surface area contributed by atoms with Crippen molar-refractivity contribution in [2.45, 2.75) is 19.4 Å². The zero-order chi connectivity index (χ0) is 14.3. The van der Waals surface area contributed by atoms with Gasteiger partial charge in [-0.1, -0.05) is 29.3 Å². The molecule has 0 unspecified atom stereocenters. The molecule has 0 spiro atoms. The SMILES string of the molecule is Cc1cc2c(c(-c3cc(Cl)ccc3Cl)c1)O[C@@H](CN)C2. The minimum Gasteiger partial charge on any atom is -0.488 e. The van der Waals surface area contributed by atoms with Crippen LogP contribution in [-0.2, 0) is 6.42 Å². The molecule has 3 rings (SSSR count). The summed E-state index contributed by atoms with van der Waals surface area (Å²) in [6.07, 6.45) is 0.891. The summed E-state index contributed by atoms with van der Waals surface area (Å²) >= 11 is 12.4. The van der Waals surface area contributed by atoms with Crippen LogP contribution < -0.4 is 10.5 Å². The summed E-state index contributed by atoms with van der Waals surface area (Å²) in [5, 5.41) is 1.33. The van der Waals surface area contributed by atoms with E-state index in [0.29, 0.717) is 16.6 Å². The van der Waals surface area contributed by atoms with E-state index < -0.39 is 0 Å². The van der Waals surface area contributed by atoms with Gasteiger partial charge in [0.05, 0.1) is 0 Å². The number of nitrogens with two attached hydrogens (primary N) is 1. The van der Waals surface area contributed by atoms with E-state index in [1.807, 2.05) is 12.1 Å². The number of aryl methyl sites for hydroxylation is 1. The highest BCUT2D eigenvalue weighted by Crippen LogP contribution is 2.42. The predicted octanol–water partition coefficient (Wildman–Crippen LogP) is 4.23. The molecule has 0 fully saturated rings. The fourth-order valence-corrected chi connectivity index (χ4v) is 3.02. The Morgan fingerprint density at radius 3 is 2.75 bits per heavy atom. The molecule has 1 aliphatic heterocycles. The smallest absolute Gasteiger partial charge is 0.131 e. The van der Waals surface area contributed by atoms with Gasteiger partial charge in [0.25, 0.3) is 0 Å². The maximum atomic E-state index is 6.32. The van der Waals surface area contributed by atoms with Crippen LogP contribution >= 0.6 is 23.2 Å². The Bertz CT molecular complexity index is 670. The third-order valence-corrected chi connectivity index (χ3v) is 4.09. The Kier molecular flexibility index (Phi) is 3.63. The predicted molar refractivity (Wildman–Crippen MR) is 83.8 cm³/mol. The van der Waals surface area contributed by atoms with E-state index in [0.717, 1.165) is 23.3 Å². The molecule has 1 heterocycles. The molecule has 0 bridgehead atoms. The van der Waals surface area contributed by atoms with Gasteiger partial charge in [0, 0.05) is 34.1 Å². The minimum absolute atomic E-state index is 0.0449. The fraction of sp³-hybridized carbons (Fsp3) is 0.250. The van der Waals surface area contributed by atoms with E-state index in [-0.39, 0.29) is 6.10 Å². The molecule has 0 amide bonds. The quantitative estimate of drug-likeness (QED) is 0.901. The first-order valence-corrected chi connectivity index (χ1v) is 7.29. The van der Waals surface area contributed by atoms with E-state index in [1.54, 1.807) is 6.07 Å². The van der Waals surface area contributed by atoms with E-state index >= 15 is 0 Å². The summed E-state index contributed by atoms with van der Waals surface area (Å²) in [5.74, 6) is 0.884. The molecule has 1 atom stereocenters. The number of hydrogen-bond acceptors (Lipinski definition) is 2. The monoisotopic (exact) mass is 307 g/mol. The molecule has 0 saturated carbocycles. The zero-order valence-electron chi connectivity index (χ0n) is 11.1. The van der Waals surface area contributed by atoms with Gasteiger partial charge in [0.1, 0.15) is 11.9 Å². The van der Waals surface area contributed by atoms with Gasteiger partial charge in [-0.05, 0) is 42.3 Å². The summed E-state index contributed by atoms with van der Waals surface area (Å²) in [6, 6.07) is 9.69. The van der Waals surface area contributed by atoms with Crippen LogP contribution in [-0.4, -0.2) is 12.6 Å². The van der Waals surface area contributed by atoms with Crippen molar-refractivity contribution in [3.8, 4) is 16.9 Å². The van der Waals surface area contributed by atoms with Crippen LogP contribution in [0.5, 0.6) is 5.75 Å². The first-order valence-electron chi connectivity index (χ1n) is 6.54. The number of halogens is 2. The summed E-state index contributed by atoms with van der Waals surface area (Å²) in [7, 11) is 0. The van der Waals surface area contributed by atoms with E-state index in [1.165, 1.54) is 11.1 Å². The second kappa shape index (κ2) is 5.28. The molecule has 0 radical (unpaired) electrons. The number of hydrogen-bond donors (Lipinski definition) is 1. The molecule has 20 heavy (non-hydrogen) atoms. The second-order valence-corrected chi connectivity index (χ2v) is 5.95. The topological polar surface area (TPSA) is 35.2 Å². The van der Waals surface area contributed by atoms with Crippen molar-refractivity contribution in [3.05, 3.63) is 51.5 Å². The van der Waals surface area contributed by atoms with Crippen molar-refractivity contribution in [1.82, 2.24) is 0 Å².